The van der Waals surface area contributed by atoms with Crippen LogP contribution in [-0.4, -0.2) is 21.1 Å². The van der Waals surface area contributed by atoms with Crippen LogP contribution >= 0.6 is 0 Å². The maximum atomic E-state index is 12.7. The maximum Gasteiger partial charge on any atom is 0.277 e. The van der Waals surface area contributed by atoms with Gasteiger partial charge in [-0.25, -0.2) is 5.10 Å². The van der Waals surface area contributed by atoms with Crippen molar-refractivity contribution in [2.75, 3.05) is 0 Å². The Morgan fingerprint density at radius 3 is 2.54 bits per heavy atom. The normalized spacial score (nSPS) is 11.9. The Morgan fingerprint density at radius 1 is 1.00 bits per heavy atom. The van der Waals surface area contributed by atoms with Crippen molar-refractivity contribution >= 4 is 16.7 Å². The molecule has 2 heterocycles. The fourth-order valence-electron chi connectivity index (χ4n) is 3.08. The van der Waals surface area contributed by atoms with Crippen LogP contribution in [-0.2, 0) is 0 Å². The number of carbonyl (C=O) groups is 1. The fourth-order valence-corrected chi connectivity index (χ4v) is 3.08. The highest BCUT2D eigenvalue weighted by atomic mass is 16.2. The van der Waals surface area contributed by atoms with Gasteiger partial charge in [-0.1, -0.05) is 36.4 Å². The van der Waals surface area contributed by atoms with Crippen molar-refractivity contribution in [2.24, 2.45) is 0 Å². The molecular formula is C22H18N4O2. The average molecular weight is 370 g/mol. The van der Waals surface area contributed by atoms with Crippen LogP contribution in [0, 0.1) is 0 Å². The molecule has 0 spiro atoms. The van der Waals surface area contributed by atoms with E-state index in [2.05, 4.69) is 20.5 Å². The van der Waals surface area contributed by atoms with Crippen molar-refractivity contribution < 1.29 is 4.79 Å². The second-order valence-corrected chi connectivity index (χ2v) is 6.53. The van der Waals surface area contributed by atoms with E-state index >= 15 is 0 Å². The molecule has 4 aromatic rings. The molecule has 0 saturated carbocycles. The van der Waals surface area contributed by atoms with Crippen LogP contribution in [0.1, 0.15) is 28.9 Å². The summed E-state index contributed by atoms with van der Waals surface area (Å²) >= 11 is 0. The topological polar surface area (TPSA) is 87.7 Å². The highest BCUT2D eigenvalue weighted by molar-refractivity contribution is 5.95. The molecule has 6 nitrogen and oxygen atoms in total. The highest BCUT2D eigenvalue weighted by Crippen LogP contribution is 2.21. The molecule has 0 bridgehead atoms. The Morgan fingerprint density at radius 2 is 1.75 bits per heavy atom. The molecule has 28 heavy (non-hydrogen) atoms. The molecule has 1 atom stereocenters. The number of H-pyrrole nitrogens is 1. The van der Waals surface area contributed by atoms with Crippen LogP contribution in [0.15, 0.2) is 77.9 Å². The number of amides is 1. The van der Waals surface area contributed by atoms with E-state index in [0.717, 1.165) is 21.9 Å². The summed E-state index contributed by atoms with van der Waals surface area (Å²) in [5, 5.41) is 11.5. The van der Waals surface area contributed by atoms with Crippen LogP contribution in [0.5, 0.6) is 0 Å². The molecule has 0 radical (unpaired) electrons. The predicted octanol–water partition coefficient (Wildman–Crippen LogP) is 3.48. The van der Waals surface area contributed by atoms with Gasteiger partial charge in [0.15, 0.2) is 0 Å². The van der Waals surface area contributed by atoms with Crippen molar-refractivity contribution in [1.29, 1.82) is 0 Å². The minimum atomic E-state index is -0.527. The number of benzene rings is 2. The second kappa shape index (κ2) is 7.44. The summed E-state index contributed by atoms with van der Waals surface area (Å²) in [5.74, 6) is -0.445. The number of nitrogens with one attached hydrogen (secondary N) is 2. The van der Waals surface area contributed by atoms with E-state index in [1.807, 2.05) is 49.4 Å². The average Bonchev–Trinajstić information content (AvgIpc) is 2.74. The Hall–Kier alpha value is -3.80. The number of rotatable bonds is 4. The first kappa shape index (κ1) is 17.6. The van der Waals surface area contributed by atoms with Crippen LogP contribution in [0.4, 0.5) is 0 Å². The summed E-state index contributed by atoms with van der Waals surface area (Å²) in [6.07, 6.45) is 3.26. The summed E-state index contributed by atoms with van der Waals surface area (Å²) in [6, 6.07) is 18.8. The molecule has 6 heteroatoms. The van der Waals surface area contributed by atoms with Gasteiger partial charge < -0.3 is 5.32 Å². The third kappa shape index (κ3) is 3.53. The number of pyridine rings is 1. The molecule has 0 fully saturated rings. The number of aromatic nitrogens is 3. The summed E-state index contributed by atoms with van der Waals surface area (Å²) in [7, 11) is 0. The third-order valence-electron chi connectivity index (χ3n) is 4.65. The number of hydrogen-bond acceptors (Lipinski definition) is 4. The quantitative estimate of drug-likeness (QED) is 0.576. The van der Waals surface area contributed by atoms with Crippen molar-refractivity contribution in [3.05, 3.63) is 94.5 Å². The van der Waals surface area contributed by atoms with Gasteiger partial charge in [-0.15, -0.1) is 0 Å². The molecule has 4 rings (SSSR count). The smallest absolute Gasteiger partial charge is 0.277 e. The summed E-state index contributed by atoms with van der Waals surface area (Å²) in [4.78, 5) is 28.8. The zero-order valence-corrected chi connectivity index (χ0v) is 15.2. The van der Waals surface area contributed by atoms with E-state index in [1.165, 1.54) is 6.07 Å². The van der Waals surface area contributed by atoms with E-state index < -0.39 is 11.5 Å². The lowest BCUT2D eigenvalue weighted by Gasteiger charge is -2.15. The van der Waals surface area contributed by atoms with Gasteiger partial charge in [-0.05, 0) is 47.5 Å². The zero-order chi connectivity index (χ0) is 19.5. The van der Waals surface area contributed by atoms with E-state index in [0.29, 0.717) is 5.69 Å². The molecule has 2 aromatic carbocycles. The molecule has 0 aliphatic rings. The lowest BCUT2D eigenvalue weighted by atomic mass is 10.0. The molecule has 2 aromatic heterocycles. The largest absolute Gasteiger partial charge is 0.345 e. The van der Waals surface area contributed by atoms with E-state index in [4.69, 9.17) is 0 Å². The van der Waals surface area contributed by atoms with Gasteiger partial charge in [0.2, 0.25) is 0 Å². The number of nitrogens with zero attached hydrogens (tertiary/aromatic N) is 2. The van der Waals surface area contributed by atoms with Gasteiger partial charge in [-0.2, -0.15) is 5.10 Å². The van der Waals surface area contributed by atoms with Gasteiger partial charge in [0, 0.05) is 18.0 Å². The highest BCUT2D eigenvalue weighted by Gasteiger charge is 2.16. The van der Waals surface area contributed by atoms with Gasteiger partial charge in [0.25, 0.3) is 11.5 Å². The number of hydrogen-bond donors (Lipinski definition) is 2. The second-order valence-electron chi connectivity index (χ2n) is 6.53. The predicted molar refractivity (Wildman–Crippen MR) is 108 cm³/mol. The fraction of sp³-hybridized carbons (Fsp3) is 0.0909. The summed E-state index contributed by atoms with van der Waals surface area (Å²) in [6.45, 7) is 1.89. The molecule has 0 aliphatic heterocycles. The maximum absolute atomic E-state index is 12.7. The number of aromatic amines is 1. The molecule has 2 N–H and O–H groups in total. The Balaban J connectivity index is 1.59. The monoisotopic (exact) mass is 370 g/mol. The summed E-state index contributed by atoms with van der Waals surface area (Å²) < 4.78 is 0. The SMILES string of the molecule is C[C@@H](NC(=O)c1cc(-c2ccncc2)n[nH]c1=O)c1ccc2ccccc2c1. The minimum Gasteiger partial charge on any atom is -0.345 e. The zero-order valence-electron chi connectivity index (χ0n) is 15.2. The molecule has 138 valence electrons. The summed E-state index contributed by atoms with van der Waals surface area (Å²) in [5.41, 5.74) is 1.73. The molecule has 0 unspecified atom stereocenters. The van der Waals surface area contributed by atoms with Gasteiger partial charge in [0.05, 0.1) is 11.7 Å². The lowest BCUT2D eigenvalue weighted by Crippen LogP contribution is -2.32. The van der Waals surface area contributed by atoms with Crippen molar-refractivity contribution in [3.63, 3.8) is 0 Å². The van der Waals surface area contributed by atoms with E-state index in [-0.39, 0.29) is 11.6 Å². The van der Waals surface area contributed by atoms with Crippen LogP contribution in [0.25, 0.3) is 22.0 Å². The van der Waals surface area contributed by atoms with E-state index in [1.54, 1.807) is 24.5 Å². The first-order valence-corrected chi connectivity index (χ1v) is 8.91. The Labute approximate surface area is 161 Å². The van der Waals surface area contributed by atoms with Gasteiger partial charge in [-0.3, -0.25) is 14.6 Å². The first-order chi connectivity index (χ1) is 13.6. The van der Waals surface area contributed by atoms with E-state index in [9.17, 15) is 9.59 Å². The molecular weight excluding hydrogens is 352 g/mol. The lowest BCUT2D eigenvalue weighted by molar-refractivity contribution is 0.0938. The van der Waals surface area contributed by atoms with Crippen molar-refractivity contribution in [3.8, 4) is 11.3 Å². The minimum absolute atomic E-state index is 0.0226. The number of fused-ring (bicyclic) bond motifs is 1. The Kier molecular flexibility index (Phi) is 4.68. The molecule has 1 amide bonds. The molecule has 0 aliphatic carbocycles. The molecule has 0 saturated heterocycles. The standard InChI is InChI=1S/C22H18N4O2/c1-14(17-7-6-15-4-2-3-5-18(15)12-17)24-21(27)19-13-20(25-26-22(19)28)16-8-10-23-11-9-16/h2-14H,1H3,(H,24,27)(H,26,28)/t14-/m1/s1. The number of carbonyl (C=O) groups excluding carboxylic acids is 1. The Bertz CT molecular complexity index is 1200. The van der Waals surface area contributed by atoms with Crippen molar-refractivity contribution in [2.45, 2.75) is 13.0 Å². The first-order valence-electron chi connectivity index (χ1n) is 8.91. The van der Waals surface area contributed by atoms with Crippen LogP contribution < -0.4 is 10.9 Å². The third-order valence-corrected chi connectivity index (χ3v) is 4.65. The van der Waals surface area contributed by atoms with Gasteiger partial charge >= 0.3 is 0 Å². The van der Waals surface area contributed by atoms with Crippen molar-refractivity contribution in [1.82, 2.24) is 20.5 Å². The van der Waals surface area contributed by atoms with Crippen LogP contribution in [0.2, 0.25) is 0 Å². The van der Waals surface area contributed by atoms with Crippen LogP contribution in [0.3, 0.4) is 0 Å². The van der Waals surface area contributed by atoms with Gasteiger partial charge in [0.1, 0.15) is 5.56 Å².